The maximum absolute atomic E-state index is 12.3. The lowest BCUT2D eigenvalue weighted by atomic mass is 9.69. The number of carboxylic acid groups (broad SMARTS) is 1. The third-order valence-electron chi connectivity index (χ3n) is 4.12. The highest BCUT2D eigenvalue weighted by Crippen LogP contribution is 2.42. The Balaban J connectivity index is 2.05. The first-order valence-corrected chi connectivity index (χ1v) is 8.12. The average Bonchev–Trinajstić information content (AvgIpc) is 2.36. The molecule has 4 nitrogen and oxygen atoms in total. The fourth-order valence-corrected chi connectivity index (χ4v) is 3.74. The molecule has 2 N–H and O–H groups in total. The summed E-state index contributed by atoms with van der Waals surface area (Å²) in [6.45, 7) is 0. The van der Waals surface area contributed by atoms with Crippen molar-refractivity contribution in [3.05, 3.63) is 28.2 Å². The predicted octanol–water partition coefficient (Wildman–Crippen LogP) is 4.75. The summed E-state index contributed by atoms with van der Waals surface area (Å²) in [5, 5.41) is 12.8. The number of carbonyl (C=O) groups excluding carboxylic acids is 1. The number of hydrogen-bond donors (Lipinski definition) is 2. The second kappa shape index (κ2) is 7.34. The summed E-state index contributed by atoms with van der Waals surface area (Å²) in [6, 6.07) is 4.83. The average molecular weight is 344 g/mol. The Labute approximate surface area is 139 Å². The smallest absolute Gasteiger partial charge is 0.303 e. The minimum Gasteiger partial charge on any atom is -0.481 e. The van der Waals surface area contributed by atoms with E-state index in [0.29, 0.717) is 15.7 Å². The molecule has 1 amide bonds. The molecule has 0 unspecified atom stereocenters. The molecule has 0 aromatic heterocycles. The number of nitrogens with one attached hydrogen (secondary N) is 1. The van der Waals surface area contributed by atoms with Crippen molar-refractivity contribution in [2.24, 2.45) is 5.41 Å². The summed E-state index contributed by atoms with van der Waals surface area (Å²) < 4.78 is 0. The summed E-state index contributed by atoms with van der Waals surface area (Å²) in [5.41, 5.74) is 0.0973. The van der Waals surface area contributed by atoms with Gasteiger partial charge in [0.1, 0.15) is 0 Å². The molecular formula is C16H19Cl2NO3. The van der Waals surface area contributed by atoms with Gasteiger partial charge in [-0.25, -0.2) is 0 Å². The minimum absolute atomic E-state index is 0.0384. The zero-order valence-corrected chi connectivity index (χ0v) is 13.7. The van der Waals surface area contributed by atoms with Gasteiger partial charge in [-0.05, 0) is 36.5 Å². The van der Waals surface area contributed by atoms with Gasteiger partial charge in [0.2, 0.25) is 5.91 Å². The van der Waals surface area contributed by atoms with Crippen LogP contribution in [0.1, 0.15) is 44.9 Å². The van der Waals surface area contributed by atoms with E-state index in [1.54, 1.807) is 18.2 Å². The van der Waals surface area contributed by atoms with Gasteiger partial charge in [0.05, 0.1) is 6.42 Å². The Hall–Kier alpha value is -1.26. The topological polar surface area (TPSA) is 66.4 Å². The number of aliphatic carboxylic acids is 1. The van der Waals surface area contributed by atoms with Gasteiger partial charge in [0, 0.05) is 22.2 Å². The van der Waals surface area contributed by atoms with Gasteiger partial charge < -0.3 is 10.4 Å². The number of carboxylic acids is 1. The summed E-state index contributed by atoms with van der Waals surface area (Å²) >= 11 is 11.8. The van der Waals surface area contributed by atoms with E-state index in [-0.39, 0.29) is 18.7 Å². The van der Waals surface area contributed by atoms with Crippen molar-refractivity contribution < 1.29 is 14.7 Å². The molecule has 1 saturated carbocycles. The fourth-order valence-electron chi connectivity index (χ4n) is 3.21. The molecule has 1 aliphatic rings. The number of hydrogen-bond acceptors (Lipinski definition) is 2. The largest absolute Gasteiger partial charge is 0.481 e. The number of anilines is 1. The number of rotatable bonds is 5. The van der Waals surface area contributed by atoms with E-state index in [0.717, 1.165) is 32.1 Å². The summed E-state index contributed by atoms with van der Waals surface area (Å²) in [5.74, 6) is -1.04. The van der Waals surface area contributed by atoms with E-state index in [1.165, 1.54) is 0 Å². The second-order valence-corrected chi connectivity index (χ2v) is 6.89. The molecule has 0 aliphatic heterocycles. The molecule has 0 spiro atoms. The number of amides is 1. The van der Waals surface area contributed by atoms with Gasteiger partial charge in [-0.3, -0.25) is 9.59 Å². The van der Waals surface area contributed by atoms with E-state index in [9.17, 15) is 9.59 Å². The molecule has 0 saturated heterocycles. The number of carbonyl (C=O) groups is 2. The Kier molecular flexibility index (Phi) is 5.70. The molecule has 0 bridgehead atoms. The van der Waals surface area contributed by atoms with E-state index >= 15 is 0 Å². The maximum Gasteiger partial charge on any atom is 0.303 e. The summed E-state index contributed by atoms with van der Waals surface area (Å²) in [7, 11) is 0. The Morgan fingerprint density at radius 3 is 2.18 bits per heavy atom. The van der Waals surface area contributed by atoms with E-state index in [2.05, 4.69) is 5.32 Å². The third-order valence-corrected chi connectivity index (χ3v) is 4.56. The minimum atomic E-state index is -0.847. The molecule has 1 fully saturated rings. The van der Waals surface area contributed by atoms with Crippen LogP contribution >= 0.6 is 23.2 Å². The van der Waals surface area contributed by atoms with Crippen molar-refractivity contribution in [1.29, 1.82) is 0 Å². The van der Waals surface area contributed by atoms with Crippen LogP contribution in [0, 0.1) is 5.41 Å². The summed E-state index contributed by atoms with van der Waals surface area (Å²) in [6.07, 6.45) is 4.87. The number of benzene rings is 1. The molecule has 6 heteroatoms. The standard InChI is InChI=1S/C16H19Cl2NO3/c17-11-6-12(18)8-13(7-11)19-14(20)9-16(10-15(21)22)4-2-1-3-5-16/h6-8H,1-5,9-10H2,(H,19,20)(H,21,22). The van der Waals surface area contributed by atoms with Crippen LogP contribution in [-0.4, -0.2) is 17.0 Å². The molecule has 2 rings (SSSR count). The first-order valence-electron chi connectivity index (χ1n) is 7.36. The van der Waals surface area contributed by atoms with Crippen LogP contribution < -0.4 is 5.32 Å². The maximum atomic E-state index is 12.3. The van der Waals surface area contributed by atoms with E-state index in [1.807, 2.05) is 0 Å². The third kappa shape index (κ3) is 4.89. The van der Waals surface area contributed by atoms with Crippen LogP contribution in [0.3, 0.4) is 0 Å². The first kappa shape index (κ1) is 17.1. The van der Waals surface area contributed by atoms with Crippen LogP contribution in [0.4, 0.5) is 5.69 Å². The monoisotopic (exact) mass is 343 g/mol. The van der Waals surface area contributed by atoms with Crippen molar-refractivity contribution in [2.75, 3.05) is 5.32 Å². The second-order valence-electron chi connectivity index (χ2n) is 6.01. The quantitative estimate of drug-likeness (QED) is 0.810. The van der Waals surface area contributed by atoms with Crippen molar-refractivity contribution in [2.45, 2.75) is 44.9 Å². The molecular weight excluding hydrogens is 325 g/mol. The van der Waals surface area contributed by atoms with Gasteiger partial charge >= 0.3 is 5.97 Å². The molecule has 22 heavy (non-hydrogen) atoms. The summed E-state index contributed by atoms with van der Waals surface area (Å²) in [4.78, 5) is 23.4. The zero-order valence-electron chi connectivity index (χ0n) is 12.2. The molecule has 0 heterocycles. The van der Waals surface area contributed by atoms with Crippen LogP contribution in [0.15, 0.2) is 18.2 Å². The highest BCUT2D eigenvalue weighted by atomic mass is 35.5. The molecule has 1 aromatic carbocycles. The molecule has 120 valence electrons. The SMILES string of the molecule is O=C(O)CC1(CC(=O)Nc2cc(Cl)cc(Cl)c2)CCCCC1. The van der Waals surface area contributed by atoms with Gasteiger partial charge in [-0.2, -0.15) is 0 Å². The normalized spacial score (nSPS) is 17.0. The Morgan fingerprint density at radius 1 is 1.05 bits per heavy atom. The first-order chi connectivity index (χ1) is 10.4. The Bertz CT molecular complexity index is 548. The van der Waals surface area contributed by atoms with Gasteiger partial charge in [0.15, 0.2) is 0 Å². The van der Waals surface area contributed by atoms with Gasteiger partial charge in [-0.1, -0.05) is 42.5 Å². The Morgan fingerprint density at radius 2 is 1.64 bits per heavy atom. The van der Waals surface area contributed by atoms with Crippen molar-refractivity contribution in [1.82, 2.24) is 0 Å². The molecule has 0 atom stereocenters. The van der Waals surface area contributed by atoms with Crippen molar-refractivity contribution in [3.63, 3.8) is 0 Å². The lowest BCUT2D eigenvalue weighted by Crippen LogP contribution is -2.32. The van der Waals surface area contributed by atoms with E-state index < -0.39 is 11.4 Å². The lowest BCUT2D eigenvalue weighted by Gasteiger charge is -2.35. The molecule has 1 aliphatic carbocycles. The number of halogens is 2. The lowest BCUT2D eigenvalue weighted by molar-refractivity contribution is -0.140. The molecule has 0 radical (unpaired) electrons. The van der Waals surface area contributed by atoms with Gasteiger partial charge in [-0.15, -0.1) is 0 Å². The van der Waals surface area contributed by atoms with Crippen LogP contribution in [0.2, 0.25) is 10.0 Å². The van der Waals surface area contributed by atoms with Crippen LogP contribution in [0.25, 0.3) is 0 Å². The van der Waals surface area contributed by atoms with E-state index in [4.69, 9.17) is 28.3 Å². The fraction of sp³-hybridized carbons (Fsp3) is 0.500. The van der Waals surface area contributed by atoms with Gasteiger partial charge in [0.25, 0.3) is 0 Å². The van der Waals surface area contributed by atoms with Crippen LogP contribution in [-0.2, 0) is 9.59 Å². The van der Waals surface area contributed by atoms with Crippen molar-refractivity contribution in [3.8, 4) is 0 Å². The van der Waals surface area contributed by atoms with Crippen LogP contribution in [0.5, 0.6) is 0 Å². The zero-order chi connectivity index (χ0) is 16.2. The predicted molar refractivity (Wildman–Crippen MR) is 87.5 cm³/mol. The highest BCUT2D eigenvalue weighted by Gasteiger charge is 2.36. The van der Waals surface area contributed by atoms with Crippen molar-refractivity contribution >= 4 is 40.8 Å². The molecule has 1 aromatic rings. The highest BCUT2D eigenvalue weighted by molar-refractivity contribution is 6.35.